The van der Waals surface area contributed by atoms with Crippen molar-refractivity contribution in [2.24, 2.45) is 11.8 Å². The number of carbonyl (C=O) groups is 1. The van der Waals surface area contributed by atoms with E-state index in [1.807, 2.05) is 19.2 Å². The molecule has 24 heavy (non-hydrogen) atoms. The molecule has 3 heteroatoms. The lowest BCUT2D eigenvalue weighted by Gasteiger charge is -2.25. The number of hydrogen-bond acceptors (Lipinski definition) is 3. The molecule has 0 radical (unpaired) electrons. The van der Waals surface area contributed by atoms with Crippen LogP contribution < -0.4 is 0 Å². The summed E-state index contributed by atoms with van der Waals surface area (Å²) in [5.74, 6) is 2.03. The molecule has 0 aliphatic heterocycles. The Balaban J connectivity index is 2.74. The Morgan fingerprint density at radius 3 is 2.29 bits per heavy atom. The van der Waals surface area contributed by atoms with Crippen LogP contribution in [-0.4, -0.2) is 15.8 Å². The molecular formula is C21H36N2O. The molecule has 1 aromatic heterocycles. The molecule has 0 aromatic carbocycles. The molecule has 0 aliphatic rings. The van der Waals surface area contributed by atoms with Gasteiger partial charge in [0.2, 0.25) is 0 Å². The first kappa shape index (κ1) is 20.8. The van der Waals surface area contributed by atoms with Crippen molar-refractivity contribution in [2.75, 3.05) is 0 Å². The number of ketones is 1. The van der Waals surface area contributed by atoms with Crippen LogP contribution in [0.2, 0.25) is 0 Å². The number of aryl methyl sites for hydroxylation is 2. The largest absolute Gasteiger partial charge is 0.299 e. The second-order valence-corrected chi connectivity index (χ2v) is 6.87. The van der Waals surface area contributed by atoms with Crippen LogP contribution in [0, 0.1) is 11.8 Å². The number of carbonyl (C=O) groups excluding carboxylic acids is 1. The Kier molecular flexibility index (Phi) is 10.5. The maximum Gasteiger partial charge on any atom is 0.135 e. The standard InChI is InChI=1S/C21H36N2O/c1-5-9-12-18-15-16-22-21(23-18)14-13-19(20(24)8-4)17(10-6-2)11-7-3/h15-17,19H,5-14H2,1-4H3. The van der Waals surface area contributed by atoms with Crippen LogP contribution in [0.3, 0.4) is 0 Å². The first-order valence-electron chi connectivity index (χ1n) is 9.99. The summed E-state index contributed by atoms with van der Waals surface area (Å²) in [7, 11) is 0. The summed E-state index contributed by atoms with van der Waals surface area (Å²) in [4.78, 5) is 21.6. The van der Waals surface area contributed by atoms with Gasteiger partial charge in [0.25, 0.3) is 0 Å². The zero-order valence-electron chi connectivity index (χ0n) is 16.2. The van der Waals surface area contributed by atoms with Gasteiger partial charge in [-0.1, -0.05) is 59.8 Å². The van der Waals surface area contributed by atoms with E-state index in [-0.39, 0.29) is 5.92 Å². The minimum Gasteiger partial charge on any atom is -0.299 e. The lowest BCUT2D eigenvalue weighted by molar-refractivity contribution is -0.124. The highest BCUT2D eigenvalue weighted by Gasteiger charge is 2.25. The summed E-state index contributed by atoms with van der Waals surface area (Å²) < 4.78 is 0. The van der Waals surface area contributed by atoms with Crippen molar-refractivity contribution in [1.82, 2.24) is 9.97 Å². The molecule has 1 unspecified atom stereocenters. The molecule has 1 heterocycles. The Labute approximate surface area is 148 Å². The number of unbranched alkanes of at least 4 members (excludes halogenated alkanes) is 1. The summed E-state index contributed by atoms with van der Waals surface area (Å²) in [6.45, 7) is 8.63. The van der Waals surface area contributed by atoms with Crippen LogP contribution in [0.15, 0.2) is 12.3 Å². The number of Topliss-reactive ketones (excluding diaryl/α,β-unsaturated/α-hetero) is 1. The molecule has 0 bridgehead atoms. The highest BCUT2D eigenvalue weighted by molar-refractivity contribution is 5.80. The van der Waals surface area contributed by atoms with Crippen LogP contribution in [0.1, 0.15) is 90.6 Å². The second-order valence-electron chi connectivity index (χ2n) is 6.87. The van der Waals surface area contributed by atoms with Crippen LogP contribution in [-0.2, 0) is 17.6 Å². The lowest BCUT2D eigenvalue weighted by atomic mass is 9.79. The SMILES string of the molecule is CCCCc1ccnc(CCC(C(=O)CC)C(CCC)CCC)n1. The van der Waals surface area contributed by atoms with Crippen LogP contribution >= 0.6 is 0 Å². The molecule has 0 saturated carbocycles. The van der Waals surface area contributed by atoms with E-state index >= 15 is 0 Å². The van der Waals surface area contributed by atoms with Crippen molar-refractivity contribution >= 4 is 5.78 Å². The van der Waals surface area contributed by atoms with Gasteiger partial charge in [-0.15, -0.1) is 0 Å². The summed E-state index contributed by atoms with van der Waals surface area (Å²) in [5, 5.41) is 0. The quantitative estimate of drug-likeness (QED) is 0.474. The molecule has 0 amide bonds. The van der Waals surface area contributed by atoms with Gasteiger partial charge in [-0.05, 0) is 31.2 Å². The van der Waals surface area contributed by atoms with Crippen molar-refractivity contribution in [2.45, 2.75) is 91.9 Å². The van der Waals surface area contributed by atoms with Crippen molar-refractivity contribution in [3.8, 4) is 0 Å². The monoisotopic (exact) mass is 332 g/mol. The van der Waals surface area contributed by atoms with Gasteiger partial charge >= 0.3 is 0 Å². The van der Waals surface area contributed by atoms with Gasteiger partial charge in [0.1, 0.15) is 11.6 Å². The zero-order chi connectivity index (χ0) is 17.8. The second kappa shape index (κ2) is 12.2. The predicted octanol–water partition coefficient (Wildman–Crippen LogP) is 5.56. The van der Waals surface area contributed by atoms with E-state index in [0.717, 1.165) is 56.5 Å². The Morgan fingerprint density at radius 1 is 1.00 bits per heavy atom. The third kappa shape index (κ3) is 7.11. The molecule has 0 aliphatic carbocycles. The van der Waals surface area contributed by atoms with Gasteiger partial charge < -0.3 is 0 Å². The smallest absolute Gasteiger partial charge is 0.135 e. The van der Waals surface area contributed by atoms with Gasteiger partial charge in [0.05, 0.1) is 0 Å². The topological polar surface area (TPSA) is 42.9 Å². The van der Waals surface area contributed by atoms with Crippen molar-refractivity contribution in [1.29, 1.82) is 0 Å². The average molecular weight is 333 g/mol. The molecular weight excluding hydrogens is 296 g/mol. The number of aromatic nitrogens is 2. The summed E-state index contributed by atoms with van der Waals surface area (Å²) >= 11 is 0. The van der Waals surface area contributed by atoms with Gasteiger partial charge in [-0.2, -0.15) is 0 Å². The maximum absolute atomic E-state index is 12.5. The van der Waals surface area contributed by atoms with Crippen molar-refractivity contribution < 1.29 is 4.79 Å². The van der Waals surface area contributed by atoms with E-state index in [4.69, 9.17) is 4.98 Å². The maximum atomic E-state index is 12.5. The summed E-state index contributed by atoms with van der Waals surface area (Å²) in [6.07, 6.45) is 12.2. The average Bonchev–Trinajstić information content (AvgIpc) is 2.60. The third-order valence-corrected chi connectivity index (χ3v) is 4.88. The number of rotatable bonds is 13. The van der Waals surface area contributed by atoms with Crippen LogP contribution in [0.4, 0.5) is 0 Å². The highest BCUT2D eigenvalue weighted by Crippen LogP contribution is 2.28. The van der Waals surface area contributed by atoms with Crippen LogP contribution in [0.25, 0.3) is 0 Å². The number of hydrogen-bond donors (Lipinski definition) is 0. The van der Waals surface area contributed by atoms with Gasteiger partial charge in [0, 0.05) is 30.7 Å². The van der Waals surface area contributed by atoms with Gasteiger partial charge in [0.15, 0.2) is 0 Å². The fraction of sp³-hybridized carbons (Fsp3) is 0.762. The fourth-order valence-corrected chi connectivity index (χ4v) is 3.55. The molecule has 0 saturated heterocycles. The molecule has 0 fully saturated rings. The Bertz CT molecular complexity index is 467. The lowest BCUT2D eigenvalue weighted by Crippen LogP contribution is -2.24. The Hall–Kier alpha value is -1.25. The first-order valence-corrected chi connectivity index (χ1v) is 9.99. The molecule has 1 atom stereocenters. The predicted molar refractivity (Wildman–Crippen MR) is 101 cm³/mol. The minimum absolute atomic E-state index is 0.179. The molecule has 0 spiro atoms. The molecule has 1 aromatic rings. The van der Waals surface area contributed by atoms with Gasteiger partial charge in [-0.25, -0.2) is 9.97 Å². The van der Waals surface area contributed by atoms with Crippen LogP contribution in [0.5, 0.6) is 0 Å². The van der Waals surface area contributed by atoms with E-state index in [9.17, 15) is 4.79 Å². The normalized spacial score (nSPS) is 12.5. The Morgan fingerprint density at radius 2 is 1.71 bits per heavy atom. The molecule has 3 nitrogen and oxygen atoms in total. The highest BCUT2D eigenvalue weighted by atomic mass is 16.1. The summed E-state index contributed by atoms with van der Waals surface area (Å²) in [6, 6.07) is 2.02. The zero-order valence-corrected chi connectivity index (χ0v) is 16.2. The van der Waals surface area contributed by atoms with Crippen molar-refractivity contribution in [3.63, 3.8) is 0 Å². The fourth-order valence-electron chi connectivity index (χ4n) is 3.55. The molecule has 1 rings (SSSR count). The van der Waals surface area contributed by atoms with E-state index in [1.54, 1.807) is 0 Å². The third-order valence-electron chi connectivity index (χ3n) is 4.88. The van der Waals surface area contributed by atoms with Gasteiger partial charge in [-0.3, -0.25) is 4.79 Å². The molecule has 136 valence electrons. The van der Waals surface area contributed by atoms with E-state index < -0.39 is 0 Å². The number of nitrogens with zero attached hydrogens (tertiary/aromatic N) is 2. The first-order chi connectivity index (χ1) is 11.7. The summed E-state index contributed by atoms with van der Waals surface area (Å²) in [5.41, 5.74) is 1.14. The van der Waals surface area contributed by atoms with E-state index in [0.29, 0.717) is 18.1 Å². The van der Waals surface area contributed by atoms with E-state index in [2.05, 4.69) is 25.8 Å². The van der Waals surface area contributed by atoms with E-state index in [1.165, 1.54) is 12.8 Å². The minimum atomic E-state index is 0.179. The van der Waals surface area contributed by atoms with Crippen molar-refractivity contribution in [3.05, 3.63) is 23.8 Å². The molecule has 0 N–H and O–H groups in total.